The zero-order valence-electron chi connectivity index (χ0n) is 9.62. The maximum atomic E-state index is 5.67. The zero-order chi connectivity index (χ0) is 11.4. The quantitative estimate of drug-likeness (QED) is 0.573. The molecule has 0 aliphatic heterocycles. The van der Waals surface area contributed by atoms with Gasteiger partial charge in [-0.1, -0.05) is 12.5 Å². The van der Waals surface area contributed by atoms with Crippen molar-refractivity contribution in [1.29, 1.82) is 0 Å². The van der Waals surface area contributed by atoms with Gasteiger partial charge in [0.05, 0.1) is 11.7 Å². The highest BCUT2D eigenvalue weighted by Crippen LogP contribution is 2.13. The molecule has 0 unspecified atom stereocenters. The number of pyridine rings is 1. The number of aryl methyl sites for hydroxylation is 2. The van der Waals surface area contributed by atoms with Crippen LogP contribution in [0.1, 0.15) is 30.8 Å². The minimum Gasteiger partial charge on any atom is -0.301 e. The summed E-state index contributed by atoms with van der Waals surface area (Å²) in [6.45, 7) is 2.05. The van der Waals surface area contributed by atoms with Gasteiger partial charge in [-0.15, -0.1) is 11.6 Å². The monoisotopic (exact) mass is 236 g/mol. The Morgan fingerprint density at radius 2 is 2.12 bits per heavy atom. The van der Waals surface area contributed by atoms with Gasteiger partial charge < -0.3 is 4.40 Å². The summed E-state index contributed by atoms with van der Waals surface area (Å²) in [4.78, 5) is 4.34. The first-order valence-electron chi connectivity index (χ1n) is 5.81. The molecule has 0 bridgehead atoms. The van der Waals surface area contributed by atoms with Crippen LogP contribution in [0.4, 0.5) is 0 Å². The number of nitrogens with zero attached hydrogens (tertiary/aromatic N) is 2. The molecule has 0 N–H and O–H groups in total. The highest BCUT2D eigenvalue weighted by molar-refractivity contribution is 6.17. The van der Waals surface area contributed by atoms with Gasteiger partial charge in [0.1, 0.15) is 5.82 Å². The van der Waals surface area contributed by atoms with Crippen LogP contribution in [-0.4, -0.2) is 15.3 Å². The van der Waals surface area contributed by atoms with E-state index in [2.05, 4.69) is 34.5 Å². The van der Waals surface area contributed by atoms with Crippen molar-refractivity contribution in [3.63, 3.8) is 0 Å². The predicted molar refractivity (Wildman–Crippen MR) is 68.2 cm³/mol. The van der Waals surface area contributed by atoms with Crippen molar-refractivity contribution in [2.24, 2.45) is 0 Å². The third-order valence-electron chi connectivity index (χ3n) is 2.87. The molecule has 2 aromatic rings. The van der Waals surface area contributed by atoms with E-state index in [1.54, 1.807) is 0 Å². The van der Waals surface area contributed by atoms with Crippen LogP contribution in [0.15, 0.2) is 24.4 Å². The molecule has 86 valence electrons. The summed E-state index contributed by atoms with van der Waals surface area (Å²) in [5.41, 5.74) is 2.54. The third-order valence-corrected chi connectivity index (χ3v) is 3.14. The molecule has 2 heterocycles. The zero-order valence-corrected chi connectivity index (χ0v) is 10.4. The lowest BCUT2D eigenvalue weighted by molar-refractivity contribution is 0.702. The van der Waals surface area contributed by atoms with Crippen LogP contribution in [0, 0.1) is 6.92 Å². The van der Waals surface area contributed by atoms with Crippen LogP contribution in [0.5, 0.6) is 0 Å². The Morgan fingerprint density at radius 3 is 2.94 bits per heavy atom. The van der Waals surface area contributed by atoms with E-state index in [1.165, 1.54) is 24.1 Å². The summed E-state index contributed by atoms with van der Waals surface area (Å²) in [6.07, 6.45) is 6.54. The molecular formula is C13H17ClN2. The summed E-state index contributed by atoms with van der Waals surface area (Å²) < 4.78 is 2.24. The first-order chi connectivity index (χ1) is 7.83. The minimum atomic E-state index is 0.772. The van der Waals surface area contributed by atoms with Crippen molar-refractivity contribution in [2.45, 2.75) is 32.6 Å². The third kappa shape index (κ3) is 2.38. The summed E-state index contributed by atoms with van der Waals surface area (Å²) in [6, 6.07) is 6.39. The molecular weight excluding hydrogens is 220 g/mol. The van der Waals surface area contributed by atoms with Crippen molar-refractivity contribution in [2.75, 3.05) is 5.88 Å². The van der Waals surface area contributed by atoms with E-state index in [4.69, 9.17) is 11.6 Å². The van der Waals surface area contributed by atoms with Gasteiger partial charge in [0.2, 0.25) is 0 Å². The molecule has 0 radical (unpaired) electrons. The lowest BCUT2D eigenvalue weighted by Crippen LogP contribution is -1.98. The lowest BCUT2D eigenvalue weighted by atomic mass is 10.1. The van der Waals surface area contributed by atoms with E-state index in [1.807, 2.05) is 6.20 Å². The van der Waals surface area contributed by atoms with Crippen LogP contribution in [0.25, 0.3) is 5.52 Å². The summed E-state index contributed by atoms with van der Waals surface area (Å²) in [5, 5.41) is 0. The molecule has 0 saturated carbocycles. The standard InChI is InChI=1S/C13H17ClN2/c1-11-15-10-13-8-5-7-12(16(11)13)6-3-2-4-9-14/h5,7-8,10H,2-4,6,9H2,1H3. The molecule has 0 spiro atoms. The average molecular weight is 237 g/mol. The van der Waals surface area contributed by atoms with Crippen molar-refractivity contribution in [3.05, 3.63) is 35.9 Å². The molecule has 0 saturated heterocycles. The molecule has 0 aliphatic rings. The van der Waals surface area contributed by atoms with Crippen molar-refractivity contribution in [3.8, 4) is 0 Å². The summed E-state index contributed by atoms with van der Waals surface area (Å²) in [7, 11) is 0. The van der Waals surface area contributed by atoms with Crippen LogP contribution < -0.4 is 0 Å². The van der Waals surface area contributed by atoms with Gasteiger partial charge in [-0.25, -0.2) is 4.98 Å². The van der Waals surface area contributed by atoms with E-state index in [0.29, 0.717) is 0 Å². The van der Waals surface area contributed by atoms with E-state index < -0.39 is 0 Å². The number of rotatable bonds is 5. The van der Waals surface area contributed by atoms with E-state index >= 15 is 0 Å². The Bertz CT molecular complexity index is 462. The smallest absolute Gasteiger partial charge is 0.110 e. The molecule has 0 atom stereocenters. The Kier molecular flexibility index (Phi) is 3.83. The first-order valence-corrected chi connectivity index (χ1v) is 6.34. The molecule has 2 aromatic heterocycles. The fourth-order valence-electron chi connectivity index (χ4n) is 2.06. The van der Waals surface area contributed by atoms with Gasteiger partial charge in [-0.3, -0.25) is 0 Å². The molecule has 16 heavy (non-hydrogen) atoms. The number of imidazole rings is 1. The molecule has 0 aliphatic carbocycles. The van der Waals surface area contributed by atoms with Crippen molar-refractivity contribution in [1.82, 2.24) is 9.38 Å². The molecule has 2 rings (SSSR count). The number of aromatic nitrogens is 2. The lowest BCUT2D eigenvalue weighted by Gasteiger charge is -2.06. The Hall–Kier alpha value is -1.02. The van der Waals surface area contributed by atoms with Crippen molar-refractivity contribution < 1.29 is 0 Å². The highest BCUT2D eigenvalue weighted by atomic mass is 35.5. The normalized spacial score (nSPS) is 11.1. The van der Waals surface area contributed by atoms with E-state index in [0.717, 1.165) is 24.5 Å². The predicted octanol–water partition coefficient (Wildman–Crippen LogP) is 3.59. The Labute approximate surface area is 101 Å². The van der Waals surface area contributed by atoms with Crippen LogP contribution in [0.2, 0.25) is 0 Å². The van der Waals surface area contributed by atoms with Crippen LogP contribution in [-0.2, 0) is 6.42 Å². The van der Waals surface area contributed by atoms with E-state index in [9.17, 15) is 0 Å². The van der Waals surface area contributed by atoms with Gasteiger partial charge in [0.25, 0.3) is 0 Å². The van der Waals surface area contributed by atoms with Gasteiger partial charge >= 0.3 is 0 Å². The number of hydrogen-bond acceptors (Lipinski definition) is 1. The fraction of sp³-hybridized carbons (Fsp3) is 0.462. The van der Waals surface area contributed by atoms with Gasteiger partial charge in [-0.05, 0) is 38.3 Å². The second kappa shape index (κ2) is 5.35. The first kappa shape index (κ1) is 11.5. The SMILES string of the molecule is Cc1ncc2cccc(CCCCCCl)n12. The maximum absolute atomic E-state index is 5.67. The number of unbranched alkanes of at least 4 members (excludes halogenated alkanes) is 2. The number of alkyl halides is 1. The van der Waals surface area contributed by atoms with Gasteiger partial charge in [-0.2, -0.15) is 0 Å². The molecule has 0 aromatic carbocycles. The Balaban J connectivity index is 2.13. The Morgan fingerprint density at radius 1 is 1.25 bits per heavy atom. The van der Waals surface area contributed by atoms with Crippen LogP contribution in [0.3, 0.4) is 0 Å². The topological polar surface area (TPSA) is 17.3 Å². The average Bonchev–Trinajstić information content (AvgIpc) is 2.68. The van der Waals surface area contributed by atoms with Gasteiger partial charge in [0, 0.05) is 11.6 Å². The number of fused-ring (bicyclic) bond motifs is 1. The largest absolute Gasteiger partial charge is 0.301 e. The molecule has 2 nitrogen and oxygen atoms in total. The van der Waals surface area contributed by atoms with E-state index in [-0.39, 0.29) is 0 Å². The summed E-state index contributed by atoms with van der Waals surface area (Å²) in [5.74, 6) is 1.84. The van der Waals surface area contributed by atoms with Crippen molar-refractivity contribution >= 4 is 17.1 Å². The number of hydrogen-bond donors (Lipinski definition) is 0. The minimum absolute atomic E-state index is 0.772. The molecule has 0 fully saturated rings. The maximum Gasteiger partial charge on any atom is 0.110 e. The van der Waals surface area contributed by atoms with Gasteiger partial charge in [0.15, 0.2) is 0 Å². The molecule has 3 heteroatoms. The molecule has 0 amide bonds. The second-order valence-corrected chi connectivity index (χ2v) is 4.46. The second-order valence-electron chi connectivity index (χ2n) is 4.08. The fourth-order valence-corrected chi connectivity index (χ4v) is 2.25. The highest BCUT2D eigenvalue weighted by Gasteiger charge is 2.03. The number of halogens is 1. The summed E-state index contributed by atoms with van der Waals surface area (Å²) >= 11 is 5.67. The van der Waals surface area contributed by atoms with Crippen LogP contribution >= 0.6 is 11.6 Å².